The van der Waals surface area contributed by atoms with E-state index in [0.717, 1.165) is 44.6 Å². The van der Waals surface area contributed by atoms with E-state index in [2.05, 4.69) is 120 Å². The Hall–Kier alpha value is -5.28. The number of anilines is 1. The van der Waals surface area contributed by atoms with E-state index >= 15 is 0 Å². The van der Waals surface area contributed by atoms with Gasteiger partial charge in [-0.15, -0.1) is 0 Å². The van der Waals surface area contributed by atoms with Gasteiger partial charge in [-0.1, -0.05) is 73.8 Å². The van der Waals surface area contributed by atoms with E-state index in [-0.39, 0.29) is 0 Å². The fourth-order valence-corrected chi connectivity index (χ4v) is 5.45. The van der Waals surface area contributed by atoms with E-state index in [1.165, 1.54) is 27.4 Å². The lowest BCUT2D eigenvalue weighted by Gasteiger charge is -2.08. The summed E-state index contributed by atoms with van der Waals surface area (Å²) in [6, 6.07) is 38.5. The Morgan fingerprint density at radius 3 is 2.15 bits per heavy atom. The molecule has 1 N–H and O–H groups in total. The molecule has 0 saturated carbocycles. The lowest BCUT2D eigenvalue weighted by Crippen LogP contribution is -1.94. The lowest BCUT2D eigenvalue weighted by molar-refractivity contribution is 0.669. The SMILES string of the molecule is C=C/C=C\C(=C)Nc1ccc2oc3ccc(-c4ccc5c(c4)c4ccccc4n5-c4ccccc4)cc3c2c1. The van der Waals surface area contributed by atoms with Gasteiger partial charge in [0.2, 0.25) is 0 Å². The molecule has 0 unspecified atom stereocenters. The third-order valence-electron chi connectivity index (χ3n) is 7.23. The molecule has 0 radical (unpaired) electrons. The van der Waals surface area contributed by atoms with Gasteiger partial charge < -0.3 is 14.3 Å². The van der Waals surface area contributed by atoms with Crippen molar-refractivity contribution in [2.75, 3.05) is 5.32 Å². The van der Waals surface area contributed by atoms with Gasteiger partial charge in [0.05, 0.1) is 11.0 Å². The smallest absolute Gasteiger partial charge is 0.135 e. The lowest BCUT2D eigenvalue weighted by atomic mass is 10.0. The van der Waals surface area contributed by atoms with Crippen LogP contribution in [0.25, 0.3) is 60.6 Å². The van der Waals surface area contributed by atoms with Gasteiger partial charge in [0.1, 0.15) is 11.2 Å². The first-order chi connectivity index (χ1) is 19.2. The molecule has 3 nitrogen and oxygen atoms in total. The van der Waals surface area contributed by atoms with Gasteiger partial charge in [0.25, 0.3) is 0 Å². The van der Waals surface area contributed by atoms with Crippen molar-refractivity contribution in [3.8, 4) is 16.8 Å². The number of hydrogen-bond acceptors (Lipinski definition) is 2. The number of para-hydroxylation sites is 2. The predicted molar refractivity (Wildman–Crippen MR) is 166 cm³/mol. The van der Waals surface area contributed by atoms with Crippen LogP contribution in [-0.4, -0.2) is 4.57 Å². The van der Waals surface area contributed by atoms with Crippen LogP contribution in [0.15, 0.2) is 151 Å². The summed E-state index contributed by atoms with van der Waals surface area (Å²) in [5, 5.41) is 7.99. The molecule has 0 atom stereocenters. The van der Waals surface area contributed by atoms with Gasteiger partial charge in [-0.05, 0) is 77.9 Å². The maximum Gasteiger partial charge on any atom is 0.135 e. The summed E-state index contributed by atoms with van der Waals surface area (Å²) in [6.07, 6.45) is 5.49. The highest BCUT2D eigenvalue weighted by atomic mass is 16.3. The molecule has 0 aliphatic rings. The molecule has 2 aromatic heterocycles. The highest BCUT2D eigenvalue weighted by Crippen LogP contribution is 2.37. The van der Waals surface area contributed by atoms with Crippen molar-refractivity contribution in [1.82, 2.24) is 4.57 Å². The summed E-state index contributed by atoms with van der Waals surface area (Å²) in [7, 11) is 0. The van der Waals surface area contributed by atoms with E-state index in [1.807, 2.05) is 24.3 Å². The Bertz CT molecular complexity index is 2070. The van der Waals surface area contributed by atoms with Crippen molar-refractivity contribution < 1.29 is 4.42 Å². The first-order valence-electron chi connectivity index (χ1n) is 13.0. The molecule has 2 heterocycles. The minimum absolute atomic E-state index is 0.797. The second-order valence-electron chi connectivity index (χ2n) is 9.69. The number of furan rings is 1. The van der Waals surface area contributed by atoms with Gasteiger partial charge in [0, 0.05) is 38.6 Å². The summed E-state index contributed by atoms with van der Waals surface area (Å²) in [6.45, 7) is 7.79. The zero-order valence-corrected chi connectivity index (χ0v) is 21.4. The number of nitrogens with one attached hydrogen (secondary N) is 1. The molecule has 186 valence electrons. The van der Waals surface area contributed by atoms with Crippen molar-refractivity contribution in [2.45, 2.75) is 0 Å². The topological polar surface area (TPSA) is 30.1 Å². The van der Waals surface area contributed by atoms with Crippen LogP contribution in [0.1, 0.15) is 0 Å². The Morgan fingerprint density at radius 1 is 0.667 bits per heavy atom. The third-order valence-corrected chi connectivity index (χ3v) is 7.23. The fourth-order valence-electron chi connectivity index (χ4n) is 5.45. The Labute approximate surface area is 226 Å². The molecule has 7 aromatic rings. The van der Waals surface area contributed by atoms with Crippen LogP contribution in [0, 0.1) is 0 Å². The molecule has 0 bridgehead atoms. The predicted octanol–water partition coefficient (Wildman–Crippen LogP) is 10.0. The third kappa shape index (κ3) is 3.92. The number of hydrogen-bond donors (Lipinski definition) is 1. The van der Waals surface area contributed by atoms with Gasteiger partial charge in [-0.25, -0.2) is 0 Å². The number of aromatic nitrogens is 1. The normalized spacial score (nSPS) is 11.7. The summed E-state index contributed by atoms with van der Waals surface area (Å²) in [5.74, 6) is 0. The van der Waals surface area contributed by atoms with Crippen molar-refractivity contribution in [2.24, 2.45) is 0 Å². The zero-order chi connectivity index (χ0) is 26.3. The number of rotatable bonds is 6. The Morgan fingerprint density at radius 2 is 1.33 bits per heavy atom. The van der Waals surface area contributed by atoms with E-state index < -0.39 is 0 Å². The van der Waals surface area contributed by atoms with Gasteiger partial charge in [-0.3, -0.25) is 0 Å². The largest absolute Gasteiger partial charge is 0.456 e. The maximum atomic E-state index is 6.17. The maximum absolute atomic E-state index is 6.17. The zero-order valence-electron chi connectivity index (χ0n) is 21.4. The van der Waals surface area contributed by atoms with E-state index in [0.29, 0.717) is 0 Å². The van der Waals surface area contributed by atoms with Crippen LogP contribution in [0.5, 0.6) is 0 Å². The number of benzene rings is 5. The summed E-state index contributed by atoms with van der Waals surface area (Å²) in [5.41, 5.74) is 9.38. The molecule has 0 saturated heterocycles. The first-order valence-corrected chi connectivity index (χ1v) is 13.0. The molecule has 0 aliphatic heterocycles. The molecule has 5 aromatic carbocycles. The van der Waals surface area contributed by atoms with Crippen molar-refractivity contribution in [3.63, 3.8) is 0 Å². The van der Waals surface area contributed by atoms with Gasteiger partial charge in [0.15, 0.2) is 0 Å². The monoisotopic (exact) mass is 502 g/mol. The first kappa shape index (κ1) is 22.9. The molecular formula is C36H26N2O. The fraction of sp³-hybridized carbons (Fsp3) is 0. The quantitative estimate of drug-likeness (QED) is 0.229. The Balaban J connectivity index is 1.36. The molecule has 0 amide bonds. The van der Waals surface area contributed by atoms with Crippen LogP contribution < -0.4 is 5.32 Å². The number of fused-ring (bicyclic) bond motifs is 6. The van der Waals surface area contributed by atoms with Crippen LogP contribution in [0.4, 0.5) is 5.69 Å². The highest BCUT2D eigenvalue weighted by molar-refractivity contribution is 6.11. The van der Waals surface area contributed by atoms with E-state index in [4.69, 9.17) is 4.42 Å². The van der Waals surface area contributed by atoms with Crippen LogP contribution in [0.3, 0.4) is 0 Å². The van der Waals surface area contributed by atoms with Crippen molar-refractivity contribution >= 4 is 49.4 Å². The van der Waals surface area contributed by atoms with Gasteiger partial charge in [-0.2, -0.15) is 0 Å². The van der Waals surface area contributed by atoms with E-state index in [1.54, 1.807) is 6.08 Å². The highest BCUT2D eigenvalue weighted by Gasteiger charge is 2.14. The minimum Gasteiger partial charge on any atom is -0.456 e. The van der Waals surface area contributed by atoms with Crippen LogP contribution in [-0.2, 0) is 0 Å². The molecule has 3 heteroatoms. The minimum atomic E-state index is 0.797. The molecule has 39 heavy (non-hydrogen) atoms. The molecule has 0 aliphatic carbocycles. The summed E-state index contributed by atoms with van der Waals surface area (Å²) < 4.78 is 8.51. The second kappa shape index (κ2) is 9.23. The second-order valence-corrected chi connectivity index (χ2v) is 9.69. The average molecular weight is 503 g/mol. The van der Waals surface area contributed by atoms with Crippen molar-refractivity contribution in [3.05, 3.63) is 146 Å². The van der Waals surface area contributed by atoms with Crippen LogP contribution >= 0.6 is 0 Å². The summed E-state index contributed by atoms with van der Waals surface area (Å²) >= 11 is 0. The molecule has 0 fully saturated rings. The van der Waals surface area contributed by atoms with Gasteiger partial charge >= 0.3 is 0 Å². The molecule has 7 rings (SSSR count). The summed E-state index contributed by atoms with van der Waals surface area (Å²) in [4.78, 5) is 0. The number of nitrogens with zero attached hydrogens (tertiary/aromatic N) is 1. The van der Waals surface area contributed by atoms with E-state index in [9.17, 15) is 0 Å². The number of allylic oxidation sites excluding steroid dienone is 3. The Kier molecular flexibility index (Phi) is 5.42. The average Bonchev–Trinajstić information content (AvgIpc) is 3.51. The molecular weight excluding hydrogens is 476 g/mol. The van der Waals surface area contributed by atoms with Crippen LogP contribution in [0.2, 0.25) is 0 Å². The van der Waals surface area contributed by atoms with Crippen molar-refractivity contribution in [1.29, 1.82) is 0 Å². The standard InChI is InChI=1S/C36H26N2O/c1-3-4-10-24(2)37-27-17-20-36-32(23-27)31-22-26(16-19-35(31)39-36)25-15-18-34-30(21-25)29-13-8-9-14-33(29)38(34)28-11-6-5-7-12-28/h3-23,37H,1-2H2/b10-4-. The molecule has 0 spiro atoms.